The fraction of sp³-hybridized carbons (Fsp3) is 0.367. The zero-order valence-corrected chi connectivity index (χ0v) is 23.0. The molecule has 192 valence electrons. The van der Waals surface area contributed by atoms with Crippen LogP contribution in [0.1, 0.15) is 44.1 Å². The molecule has 0 unspecified atom stereocenters. The Morgan fingerprint density at radius 3 is 2.11 bits per heavy atom. The maximum Gasteiger partial charge on any atom is 0.243 e. The van der Waals surface area contributed by atoms with Crippen molar-refractivity contribution in [3.8, 4) is 0 Å². The maximum atomic E-state index is 13.2. The van der Waals surface area contributed by atoms with Crippen molar-refractivity contribution in [3.63, 3.8) is 0 Å². The molecule has 2 N–H and O–H groups in total. The van der Waals surface area contributed by atoms with Crippen LogP contribution in [0, 0.1) is 17.8 Å². The van der Waals surface area contributed by atoms with E-state index in [0.717, 1.165) is 23.4 Å². The van der Waals surface area contributed by atoms with Gasteiger partial charge in [0.2, 0.25) is 15.7 Å². The number of amides is 1. The van der Waals surface area contributed by atoms with E-state index in [2.05, 4.69) is 38.7 Å². The molecule has 4 aliphatic carbocycles. The van der Waals surface area contributed by atoms with Crippen LogP contribution in [-0.4, -0.2) is 20.9 Å². The number of rotatable bonds is 7. The molecule has 37 heavy (non-hydrogen) atoms. The zero-order valence-electron chi connectivity index (χ0n) is 20.6. The van der Waals surface area contributed by atoms with Crippen molar-refractivity contribution in [3.05, 3.63) is 82.8 Å². The topological polar surface area (TPSA) is 75.3 Å². The van der Waals surface area contributed by atoms with Crippen molar-refractivity contribution in [1.82, 2.24) is 0 Å². The number of carbonyl (C=O) groups is 1. The summed E-state index contributed by atoms with van der Waals surface area (Å²) in [5, 5.41) is 5.98. The van der Waals surface area contributed by atoms with Crippen LogP contribution in [0.25, 0.3) is 0 Å². The highest BCUT2D eigenvalue weighted by Crippen LogP contribution is 2.60. The molecule has 0 radical (unpaired) electrons. The molecular weight excluding hydrogens is 548 g/mol. The molecule has 4 saturated carbocycles. The van der Waals surface area contributed by atoms with Crippen molar-refractivity contribution >= 4 is 43.0 Å². The number of hydrogen-bond donors (Lipinski definition) is 2. The minimum atomic E-state index is -3.75. The number of halogens is 1. The molecule has 4 aliphatic rings. The molecule has 4 bridgehead atoms. The molecule has 7 heteroatoms. The first-order valence-corrected chi connectivity index (χ1v) is 15.3. The van der Waals surface area contributed by atoms with Crippen molar-refractivity contribution in [1.29, 1.82) is 0 Å². The molecule has 0 aromatic heterocycles. The Morgan fingerprint density at radius 1 is 0.865 bits per heavy atom. The maximum absolute atomic E-state index is 13.2. The predicted octanol–water partition coefficient (Wildman–Crippen LogP) is 6.80. The molecule has 0 aliphatic heterocycles. The van der Waals surface area contributed by atoms with E-state index in [-0.39, 0.29) is 22.2 Å². The lowest BCUT2D eigenvalue weighted by atomic mass is 9.48. The molecule has 3 aromatic carbocycles. The van der Waals surface area contributed by atoms with Crippen LogP contribution < -0.4 is 10.6 Å². The van der Waals surface area contributed by atoms with Crippen LogP contribution in [0.15, 0.2) is 87.1 Å². The first-order chi connectivity index (χ1) is 17.8. The summed E-state index contributed by atoms with van der Waals surface area (Å²) in [6.45, 7) is -0.0460. The Morgan fingerprint density at radius 2 is 1.49 bits per heavy atom. The van der Waals surface area contributed by atoms with Gasteiger partial charge in [-0.25, -0.2) is 8.42 Å². The molecular formula is C30H31BrN2O3S. The predicted molar refractivity (Wildman–Crippen MR) is 149 cm³/mol. The summed E-state index contributed by atoms with van der Waals surface area (Å²) in [5.74, 6) is 2.45. The van der Waals surface area contributed by atoms with Crippen LogP contribution in [0.5, 0.6) is 0 Å². The van der Waals surface area contributed by atoms with Gasteiger partial charge in [-0.2, -0.15) is 0 Å². The number of carbonyl (C=O) groups excluding carboxylic acids is 1. The average molecular weight is 580 g/mol. The fourth-order valence-corrected chi connectivity index (χ4v) is 9.34. The highest BCUT2D eigenvalue weighted by atomic mass is 79.9. The van der Waals surface area contributed by atoms with Gasteiger partial charge in [0.25, 0.3) is 0 Å². The van der Waals surface area contributed by atoms with Gasteiger partial charge < -0.3 is 10.6 Å². The second kappa shape index (κ2) is 9.59. The van der Waals surface area contributed by atoms with E-state index < -0.39 is 9.84 Å². The lowest BCUT2D eigenvalue weighted by Gasteiger charge is -2.57. The Balaban J connectivity index is 1.13. The number of hydrogen-bond acceptors (Lipinski definition) is 4. The SMILES string of the molecule is O=C(CNc1ccc(Br)cc1S(=O)(=O)c1ccccc1)Nc1ccc(C23CC4CC(CC(C4)C2)C3)cc1. The van der Waals surface area contributed by atoms with Crippen LogP contribution in [0.3, 0.4) is 0 Å². The smallest absolute Gasteiger partial charge is 0.243 e. The third-order valence-electron chi connectivity index (χ3n) is 8.55. The summed E-state index contributed by atoms with van der Waals surface area (Å²) in [4.78, 5) is 13.1. The minimum absolute atomic E-state index is 0.0460. The lowest BCUT2D eigenvalue weighted by Crippen LogP contribution is -2.48. The summed E-state index contributed by atoms with van der Waals surface area (Å²) in [6.07, 6.45) is 8.22. The third-order valence-corrected chi connectivity index (χ3v) is 10.8. The van der Waals surface area contributed by atoms with Gasteiger partial charge in [0, 0.05) is 10.2 Å². The van der Waals surface area contributed by atoms with Gasteiger partial charge in [0.15, 0.2) is 0 Å². The van der Waals surface area contributed by atoms with E-state index in [4.69, 9.17) is 0 Å². The number of benzene rings is 3. The molecule has 3 aromatic rings. The van der Waals surface area contributed by atoms with Crippen LogP contribution in [0.4, 0.5) is 11.4 Å². The molecule has 1 amide bonds. The van der Waals surface area contributed by atoms with Gasteiger partial charge in [-0.05, 0) is 110 Å². The van der Waals surface area contributed by atoms with Crippen molar-refractivity contribution in [2.24, 2.45) is 17.8 Å². The highest BCUT2D eigenvalue weighted by molar-refractivity contribution is 9.10. The second-order valence-corrected chi connectivity index (χ2v) is 14.0. The van der Waals surface area contributed by atoms with Gasteiger partial charge in [0.1, 0.15) is 0 Å². The molecule has 0 spiro atoms. The number of anilines is 2. The average Bonchev–Trinajstić information content (AvgIpc) is 2.88. The molecule has 5 nitrogen and oxygen atoms in total. The van der Waals surface area contributed by atoms with E-state index in [0.29, 0.717) is 15.6 Å². The van der Waals surface area contributed by atoms with E-state index >= 15 is 0 Å². The normalized spacial score (nSPS) is 26.1. The van der Waals surface area contributed by atoms with Crippen LogP contribution >= 0.6 is 15.9 Å². The highest BCUT2D eigenvalue weighted by Gasteiger charge is 2.51. The van der Waals surface area contributed by atoms with E-state index in [1.54, 1.807) is 48.5 Å². The van der Waals surface area contributed by atoms with Crippen molar-refractivity contribution in [2.45, 2.75) is 53.7 Å². The van der Waals surface area contributed by atoms with E-state index in [1.807, 2.05) is 12.1 Å². The fourth-order valence-electron chi connectivity index (χ4n) is 7.34. The molecule has 0 saturated heterocycles. The Kier molecular flexibility index (Phi) is 6.40. The minimum Gasteiger partial charge on any atom is -0.375 e. The molecule has 7 rings (SSSR count). The van der Waals surface area contributed by atoms with E-state index in [9.17, 15) is 13.2 Å². The standard InChI is InChI=1S/C30H31BrN2O3S/c31-24-8-11-27(28(15-24)37(35,36)26-4-2-1-3-5-26)32-19-29(34)33-25-9-6-23(7-10-25)30-16-20-12-21(17-30)14-22(13-20)18-30/h1-11,15,20-22,32H,12-14,16-19H2,(H,33,34). The van der Waals surface area contributed by atoms with Gasteiger partial charge in [0.05, 0.1) is 22.0 Å². The van der Waals surface area contributed by atoms with Crippen LogP contribution in [-0.2, 0) is 20.0 Å². The summed E-state index contributed by atoms with van der Waals surface area (Å²) < 4.78 is 27.1. The summed E-state index contributed by atoms with van der Waals surface area (Å²) in [5.41, 5.74) is 2.90. The van der Waals surface area contributed by atoms with Gasteiger partial charge >= 0.3 is 0 Å². The Hall–Kier alpha value is -2.64. The first-order valence-electron chi connectivity index (χ1n) is 13.0. The third kappa shape index (κ3) is 4.84. The van der Waals surface area contributed by atoms with Gasteiger partial charge in [-0.15, -0.1) is 0 Å². The molecule has 0 atom stereocenters. The number of sulfone groups is 1. The monoisotopic (exact) mass is 578 g/mol. The molecule has 0 heterocycles. The van der Waals surface area contributed by atoms with Gasteiger partial charge in [-0.1, -0.05) is 46.3 Å². The Bertz CT molecular complexity index is 1390. The lowest BCUT2D eigenvalue weighted by molar-refractivity contribution is -0.114. The molecule has 4 fully saturated rings. The summed E-state index contributed by atoms with van der Waals surface area (Å²) in [7, 11) is -3.75. The summed E-state index contributed by atoms with van der Waals surface area (Å²) >= 11 is 3.37. The summed E-state index contributed by atoms with van der Waals surface area (Å²) in [6, 6.07) is 21.7. The van der Waals surface area contributed by atoms with E-state index in [1.165, 1.54) is 44.1 Å². The Labute approximate surface area is 227 Å². The second-order valence-electron chi connectivity index (χ2n) is 11.1. The largest absolute Gasteiger partial charge is 0.375 e. The quantitative estimate of drug-likeness (QED) is 0.323. The first kappa shape index (κ1) is 24.7. The number of nitrogens with one attached hydrogen (secondary N) is 2. The zero-order chi connectivity index (χ0) is 25.6. The van der Waals surface area contributed by atoms with Crippen LogP contribution in [0.2, 0.25) is 0 Å². The van der Waals surface area contributed by atoms with Crippen molar-refractivity contribution < 1.29 is 13.2 Å². The van der Waals surface area contributed by atoms with Gasteiger partial charge in [-0.3, -0.25) is 4.79 Å². The van der Waals surface area contributed by atoms with Crippen molar-refractivity contribution in [2.75, 3.05) is 17.2 Å².